The van der Waals surface area contributed by atoms with E-state index in [1.807, 2.05) is 0 Å². The second-order valence-electron chi connectivity index (χ2n) is 4.88. The summed E-state index contributed by atoms with van der Waals surface area (Å²) in [5.41, 5.74) is 0.495. The molecule has 9 heteroatoms. The van der Waals surface area contributed by atoms with E-state index in [0.29, 0.717) is 17.3 Å². The van der Waals surface area contributed by atoms with Crippen LogP contribution in [0.2, 0.25) is 10.0 Å². The third-order valence-corrected chi connectivity index (χ3v) is 4.55. The highest BCUT2D eigenvalue weighted by Crippen LogP contribution is 2.37. The summed E-state index contributed by atoms with van der Waals surface area (Å²) in [6.45, 7) is 1.37. The second-order valence-corrected chi connectivity index (χ2v) is 6.69. The van der Waals surface area contributed by atoms with Crippen LogP contribution in [0.1, 0.15) is 12.5 Å². The number of amides is 2. The number of hydrogen-bond donors (Lipinski definition) is 0. The van der Waals surface area contributed by atoms with E-state index in [1.54, 1.807) is 6.92 Å². The van der Waals surface area contributed by atoms with Crippen LogP contribution in [0.5, 0.6) is 5.75 Å². The minimum Gasteiger partial charge on any atom is -0.478 e. The van der Waals surface area contributed by atoms with E-state index < -0.39 is 23.7 Å². The maximum atomic E-state index is 12.3. The van der Waals surface area contributed by atoms with Crippen LogP contribution in [0.15, 0.2) is 17.0 Å². The molecule has 6 nitrogen and oxygen atoms in total. The van der Waals surface area contributed by atoms with Gasteiger partial charge in [0.25, 0.3) is 11.1 Å². The van der Waals surface area contributed by atoms with E-state index in [1.165, 1.54) is 18.2 Å². The molecule has 0 aliphatic carbocycles. The van der Waals surface area contributed by atoms with Gasteiger partial charge in [-0.1, -0.05) is 29.1 Å². The molecule has 1 aliphatic heterocycles. The molecule has 136 valence electrons. The molecule has 0 saturated carbocycles. The predicted molar refractivity (Wildman–Crippen MR) is 100 cm³/mol. The first-order valence-electron chi connectivity index (χ1n) is 7.33. The lowest BCUT2D eigenvalue weighted by molar-refractivity contribution is -0.145. The molecule has 0 N–H and O–H groups in total. The molecular formula is C17H13Cl2NO5S. The SMILES string of the molecule is C#CCOc1c(Cl)cc(/C=C2\SC(=O)N(CC(=O)OCC)C2=O)cc1Cl. The van der Waals surface area contributed by atoms with Gasteiger partial charge in [-0.3, -0.25) is 19.3 Å². The summed E-state index contributed by atoms with van der Waals surface area (Å²) in [4.78, 5) is 36.8. The molecule has 2 rings (SSSR count). The minimum atomic E-state index is -0.655. The average Bonchev–Trinajstić information content (AvgIpc) is 2.82. The van der Waals surface area contributed by atoms with Crippen LogP contribution in [0.3, 0.4) is 0 Å². The van der Waals surface area contributed by atoms with Crippen LogP contribution in [-0.2, 0) is 14.3 Å². The van der Waals surface area contributed by atoms with Gasteiger partial charge >= 0.3 is 5.97 Å². The smallest absolute Gasteiger partial charge is 0.326 e. The van der Waals surface area contributed by atoms with E-state index >= 15 is 0 Å². The van der Waals surface area contributed by atoms with Gasteiger partial charge in [0, 0.05) is 0 Å². The first-order valence-corrected chi connectivity index (χ1v) is 8.90. The predicted octanol–water partition coefficient (Wildman–Crippen LogP) is 3.60. The van der Waals surface area contributed by atoms with Crippen molar-refractivity contribution in [3.05, 3.63) is 32.6 Å². The first kappa shape index (κ1) is 20.2. The van der Waals surface area contributed by atoms with Crippen molar-refractivity contribution in [3.8, 4) is 18.1 Å². The van der Waals surface area contributed by atoms with Crippen LogP contribution in [0.4, 0.5) is 4.79 Å². The van der Waals surface area contributed by atoms with Crippen molar-refractivity contribution in [1.29, 1.82) is 0 Å². The highest BCUT2D eigenvalue weighted by atomic mass is 35.5. The van der Waals surface area contributed by atoms with Crippen molar-refractivity contribution in [2.24, 2.45) is 0 Å². The molecule has 1 aromatic carbocycles. The van der Waals surface area contributed by atoms with E-state index in [0.717, 1.165) is 4.90 Å². The summed E-state index contributed by atoms with van der Waals surface area (Å²) < 4.78 is 10.0. The maximum Gasteiger partial charge on any atom is 0.326 e. The fourth-order valence-electron chi connectivity index (χ4n) is 2.04. The number of ether oxygens (including phenoxy) is 2. The van der Waals surface area contributed by atoms with Crippen LogP contribution < -0.4 is 4.74 Å². The highest BCUT2D eigenvalue weighted by molar-refractivity contribution is 8.18. The molecule has 2 amide bonds. The average molecular weight is 414 g/mol. The zero-order chi connectivity index (χ0) is 19.3. The molecule has 0 bridgehead atoms. The number of esters is 1. The van der Waals surface area contributed by atoms with Crippen molar-refractivity contribution in [3.63, 3.8) is 0 Å². The molecule has 0 aromatic heterocycles. The highest BCUT2D eigenvalue weighted by Gasteiger charge is 2.36. The van der Waals surface area contributed by atoms with E-state index in [4.69, 9.17) is 39.1 Å². The first-order chi connectivity index (χ1) is 12.4. The zero-order valence-electron chi connectivity index (χ0n) is 13.6. The second kappa shape index (κ2) is 8.99. The molecule has 1 aromatic rings. The number of rotatable bonds is 6. The van der Waals surface area contributed by atoms with Crippen molar-refractivity contribution in [2.75, 3.05) is 19.8 Å². The van der Waals surface area contributed by atoms with Crippen molar-refractivity contribution in [1.82, 2.24) is 4.90 Å². The Morgan fingerprint density at radius 2 is 2.00 bits per heavy atom. The van der Waals surface area contributed by atoms with Crippen molar-refractivity contribution in [2.45, 2.75) is 6.92 Å². The molecule has 0 radical (unpaired) electrons. The summed E-state index contributed by atoms with van der Waals surface area (Å²) in [5.74, 6) is 1.29. The monoisotopic (exact) mass is 413 g/mol. The molecular weight excluding hydrogens is 401 g/mol. The van der Waals surface area contributed by atoms with Crippen LogP contribution >= 0.6 is 35.0 Å². The van der Waals surface area contributed by atoms with Gasteiger partial charge in [0.2, 0.25) is 0 Å². The number of benzene rings is 1. The number of nitrogens with zero attached hydrogens (tertiary/aromatic N) is 1. The zero-order valence-corrected chi connectivity index (χ0v) is 15.9. The molecule has 26 heavy (non-hydrogen) atoms. The standard InChI is InChI=1S/C17H13Cl2NO5S/c1-3-5-25-15-11(18)6-10(7-12(15)19)8-13-16(22)20(17(23)26-13)9-14(21)24-4-2/h1,6-8H,4-5,9H2,2H3/b13-8-. The Balaban J connectivity index is 2.22. The quantitative estimate of drug-likeness (QED) is 0.402. The third kappa shape index (κ3) is 4.73. The lowest BCUT2D eigenvalue weighted by atomic mass is 10.2. The lowest BCUT2D eigenvalue weighted by Gasteiger charge is -2.11. The molecule has 0 spiro atoms. The number of carbonyl (C=O) groups is 3. The van der Waals surface area contributed by atoms with Crippen molar-refractivity contribution >= 4 is 58.2 Å². The van der Waals surface area contributed by atoms with Gasteiger partial charge < -0.3 is 9.47 Å². The fourth-order valence-corrected chi connectivity index (χ4v) is 3.49. The number of hydrogen-bond acceptors (Lipinski definition) is 6. The topological polar surface area (TPSA) is 72.9 Å². The summed E-state index contributed by atoms with van der Waals surface area (Å²) in [6.07, 6.45) is 6.59. The van der Waals surface area contributed by atoms with Crippen LogP contribution in [0.25, 0.3) is 6.08 Å². The minimum absolute atomic E-state index is 0.00549. The number of terminal acetylenes is 1. The molecule has 1 fully saturated rings. The molecule has 1 aliphatic rings. The van der Waals surface area contributed by atoms with Gasteiger partial charge in [0.05, 0.1) is 21.6 Å². The van der Waals surface area contributed by atoms with Gasteiger partial charge in [-0.05, 0) is 42.5 Å². The fraction of sp³-hybridized carbons (Fsp3) is 0.235. The Kier molecular flexibility index (Phi) is 6.98. The number of thioether (sulfide) groups is 1. The van der Waals surface area contributed by atoms with Gasteiger partial charge in [-0.25, -0.2) is 0 Å². The Morgan fingerprint density at radius 3 is 2.58 bits per heavy atom. The third-order valence-electron chi connectivity index (χ3n) is 3.08. The van der Waals surface area contributed by atoms with Crippen LogP contribution in [-0.4, -0.2) is 41.8 Å². The van der Waals surface area contributed by atoms with Gasteiger partial charge in [0.15, 0.2) is 5.75 Å². The summed E-state index contributed by atoms with van der Waals surface area (Å²) in [5, 5.41) is -0.130. The Hall–Kier alpha value is -2.14. The summed E-state index contributed by atoms with van der Waals surface area (Å²) >= 11 is 12.9. The Morgan fingerprint density at radius 1 is 1.35 bits per heavy atom. The summed E-state index contributed by atoms with van der Waals surface area (Å²) in [7, 11) is 0. The van der Waals surface area contributed by atoms with Crippen molar-refractivity contribution < 1.29 is 23.9 Å². The molecule has 1 saturated heterocycles. The van der Waals surface area contributed by atoms with E-state index in [9.17, 15) is 14.4 Å². The normalized spacial score (nSPS) is 15.3. The lowest BCUT2D eigenvalue weighted by Crippen LogP contribution is -2.34. The van der Waals surface area contributed by atoms with Crippen LogP contribution in [0, 0.1) is 12.3 Å². The van der Waals surface area contributed by atoms with Gasteiger partial charge in [-0.2, -0.15) is 0 Å². The molecule has 0 atom stereocenters. The Labute approximate surface area is 164 Å². The Bertz CT molecular complexity index is 808. The summed E-state index contributed by atoms with van der Waals surface area (Å²) in [6, 6.07) is 3.05. The number of carbonyl (C=O) groups excluding carboxylic acids is 3. The van der Waals surface area contributed by atoms with Gasteiger partial charge in [0.1, 0.15) is 13.2 Å². The van der Waals surface area contributed by atoms with E-state index in [-0.39, 0.29) is 33.9 Å². The number of halogens is 2. The van der Waals surface area contributed by atoms with Gasteiger partial charge in [-0.15, -0.1) is 6.42 Å². The molecule has 1 heterocycles. The maximum absolute atomic E-state index is 12.3. The number of imide groups is 1. The van der Waals surface area contributed by atoms with E-state index in [2.05, 4.69) is 5.92 Å². The molecule has 0 unspecified atom stereocenters. The largest absolute Gasteiger partial charge is 0.478 e.